The summed E-state index contributed by atoms with van der Waals surface area (Å²) in [7, 11) is 1.68. The van der Waals surface area contributed by atoms with Crippen molar-refractivity contribution in [3.63, 3.8) is 0 Å². The summed E-state index contributed by atoms with van der Waals surface area (Å²) < 4.78 is 7.35. The molecule has 0 radical (unpaired) electrons. The summed E-state index contributed by atoms with van der Waals surface area (Å²) in [6.45, 7) is 5.44. The Hall–Kier alpha value is -4.41. The van der Waals surface area contributed by atoms with Crippen molar-refractivity contribution >= 4 is 5.91 Å². The van der Waals surface area contributed by atoms with Gasteiger partial charge in [-0.15, -0.1) is 0 Å². The molecule has 38 heavy (non-hydrogen) atoms. The van der Waals surface area contributed by atoms with Gasteiger partial charge in [0.25, 0.3) is 5.91 Å². The first kappa shape index (κ1) is 25.2. The van der Waals surface area contributed by atoms with Gasteiger partial charge in [0, 0.05) is 43.7 Å². The van der Waals surface area contributed by atoms with E-state index in [0.717, 1.165) is 43.2 Å². The Morgan fingerprint density at radius 2 is 1.87 bits per heavy atom. The second kappa shape index (κ2) is 11.3. The molecule has 4 aromatic rings. The molecule has 0 bridgehead atoms. The van der Waals surface area contributed by atoms with Crippen LogP contribution in [0.15, 0.2) is 78.9 Å². The first-order chi connectivity index (χ1) is 18.6. The molecular formula is C31H31N5O2. The van der Waals surface area contributed by atoms with E-state index in [1.807, 2.05) is 41.9 Å². The van der Waals surface area contributed by atoms with Crippen molar-refractivity contribution in [1.82, 2.24) is 19.6 Å². The zero-order valence-electron chi connectivity index (χ0n) is 21.8. The summed E-state index contributed by atoms with van der Waals surface area (Å²) in [5.74, 6) is 0.754. The Labute approximate surface area is 223 Å². The molecule has 0 N–H and O–H groups in total. The fraction of sp³-hybridized carbons (Fsp3) is 0.258. The van der Waals surface area contributed by atoms with E-state index in [1.54, 1.807) is 36.3 Å². The van der Waals surface area contributed by atoms with E-state index in [4.69, 9.17) is 9.84 Å². The van der Waals surface area contributed by atoms with Crippen LogP contribution >= 0.6 is 0 Å². The number of rotatable bonds is 8. The normalized spacial score (nSPS) is 13.0. The zero-order chi connectivity index (χ0) is 26.5. The average molecular weight is 506 g/mol. The maximum absolute atomic E-state index is 13.4. The number of nitriles is 1. The molecule has 0 spiro atoms. The number of aromatic nitrogens is 2. The number of hydrogen-bond donors (Lipinski definition) is 0. The molecule has 7 nitrogen and oxygen atoms in total. The third-order valence-corrected chi connectivity index (χ3v) is 7.03. The highest BCUT2D eigenvalue weighted by molar-refractivity contribution is 5.94. The van der Waals surface area contributed by atoms with Crippen LogP contribution in [0.1, 0.15) is 45.4 Å². The van der Waals surface area contributed by atoms with Crippen LogP contribution in [0.4, 0.5) is 0 Å². The van der Waals surface area contributed by atoms with Gasteiger partial charge in [0.1, 0.15) is 5.75 Å². The zero-order valence-corrected chi connectivity index (χ0v) is 21.8. The summed E-state index contributed by atoms with van der Waals surface area (Å²) >= 11 is 0. The molecule has 0 unspecified atom stereocenters. The molecule has 2 heterocycles. The number of carbonyl (C=O) groups is 1. The quantitative estimate of drug-likeness (QED) is 0.338. The molecule has 0 aliphatic carbocycles. The van der Waals surface area contributed by atoms with Crippen molar-refractivity contribution in [2.75, 3.05) is 20.2 Å². The third kappa shape index (κ3) is 5.31. The minimum atomic E-state index is -0.0986. The highest BCUT2D eigenvalue weighted by atomic mass is 16.5. The molecule has 192 valence electrons. The second-order valence-electron chi connectivity index (χ2n) is 9.44. The number of nitrogens with zero attached hydrogens (tertiary/aromatic N) is 5. The van der Waals surface area contributed by atoms with Gasteiger partial charge in [0.15, 0.2) is 0 Å². The predicted molar refractivity (Wildman–Crippen MR) is 146 cm³/mol. The van der Waals surface area contributed by atoms with Crippen LogP contribution in [0.5, 0.6) is 5.75 Å². The summed E-state index contributed by atoms with van der Waals surface area (Å²) in [5, 5.41) is 14.3. The van der Waals surface area contributed by atoms with Crippen LogP contribution in [0.3, 0.4) is 0 Å². The molecule has 0 fully saturated rings. The maximum Gasteiger partial charge on any atom is 0.254 e. The van der Waals surface area contributed by atoms with Gasteiger partial charge >= 0.3 is 0 Å². The van der Waals surface area contributed by atoms with Gasteiger partial charge in [-0.1, -0.05) is 36.4 Å². The van der Waals surface area contributed by atoms with Crippen LogP contribution < -0.4 is 4.74 Å². The van der Waals surface area contributed by atoms with Gasteiger partial charge in [-0.3, -0.25) is 9.69 Å². The monoisotopic (exact) mass is 505 g/mol. The van der Waals surface area contributed by atoms with E-state index < -0.39 is 0 Å². The number of para-hydroxylation sites is 1. The minimum absolute atomic E-state index is 0.0986. The number of hydrogen-bond acceptors (Lipinski definition) is 5. The lowest BCUT2D eigenvalue weighted by Crippen LogP contribution is -2.33. The van der Waals surface area contributed by atoms with E-state index in [0.29, 0.717) is 24.2 Å². The molecule has 1 amide bonds. The Morgan fingerprint density at radius 1 is 1.08 bits per heavy atom. The van der Waals surface area contributed by atoms with Crippen molar-refractivity contribution in [2.24, 2.45) is 0 Å². The van der Waals surface area contributed by atoms with E-state index in [-0.39, 0.29) is 5.91 Å². The van der Waals surface area contributed by atoms with Crippen LogP contribution in [0.2, 0.25) is 0 Å². The Balaban J connectivity index is 1.44. The maximum atomic E-state index is 13.4. The lowest BCUT2D eigenvalue weighted by molar-refractivity contribution is 0.0749. The van der Waals surface area contributed by atoms with Crippen LogP contribution in [0, 0.1) is 11.3 Å². The first-order valence-electron chi connectivity index (χ1n) is 12.9. The molecule has 1 aromatic heterocycles. The molecule has 7 heteroatoms. The smallest absolute Gasteiger partial charge is 0.254 e. The number of methoxy groups -OCH3 is 1. The van der Waals surface area contributed by atoms with Gasteiger partial charge in [0.05, 0.1) is 42.4 Å². The number of fused-ring (bicyclic) bond motifs is 1. The van der Waals surface area contributed by atoms with Gasteiger partial charge in [-0.2, -0.15) is 10.4 Å². The lowest BCUT2D eigenvalue weighted by Gasteiger charge is -2.28. The van der Waals surface area contributed by atoms with Crippen molar-refractivity contribution < 1.29 is 9.53 Å². The Kier molecular flexibility index (Phi) is 7.52. The molecule has 5 rings (SSSR count). The predicted octanol–water partition coefficient (Wildman–Crippen LogP) is 4.97. The molecular weight excluding hydrogens is 474 g/mol. The largest absolute Gasteiger partial charge is 0.497 e. The number of benzene rings is 3. The fourth-order valence-electron chi connectivity index (χ4n) is 4.99. The summed E-state index contributed by atoms with van der Waals surface area (Å²) in [6.07, 6.45) is 0.873. The Morgan fingerprint density at radius 3 is 2.58 bits per heavy atom. The molecule has 0 atom stereocenters. The van der Waals surface area contributed by atoms with E-state index in [9.17, 15) is 10.1 Å². The number of amides is 1. The molecule has 3 aromatic carbocycles. The first-order valence-corrected chi connectivity index (χ1v) is 12.9. The van der Waals surface area contributed by atoms with Crippen molar-refractivity contribution in [1.29, 1.82) is 5.26 Å². The Bertz CT molecular complexity index is 1450. The van der Waals surface area contributed by atoms with Crippen molar-refractivity contribution in [3.05, 3.63) is 113 Å². The standard InChI is InChI=1S/C31H31N5O2/c1-3-35(31(37)25-9-7-8-24(18-25)19-32)22-29-28-21-34(20-23-12-14-27(38-2)15-13-23)17-16-30(28)36(33-29)26-10-5-4-6-11-26/h4-15,18H,3,16-17,20-22H2,1-2H3. The van der Waals surface area contributed by atoms with Gasteiger partial charge in [-0.25, -0.2) is 4.68 Å². The van der Waals surface area contributed by atoms with Crippen LogP contribution in [0.25, 0.3) is 5.69 Å². The summed E-state index contributed by atoms with van der Waals surface area (Å²) in [4.78, 5) is 17.6. The average Bonchev–Trinajstić information content (AvgIpc) is 3.34. The van der Waals surface area contributed by atoms with Gasteiger partial charge in [-0.05, 0) is 55.0 Å². The molecule has 0 saturated heterocycles. The summed E-state index contributed by atoms with van der Waals surface area (Å²) in [5.41, 5.74) is 6.55. The number of ether oxygens (including phenoxy) is 1. The molecule has 1 aliphatic heterocycles. The lowest BCUT2D eigenvalue weighted by atomic mass is 10.0. The van der Waals surface area contributed by atoms with Crippen molar-refractivity contribution in [3.8, 4) is 17.5 Å². The van der Waals surface area contributed by atoms with E-state index >= 15 is 0 Å². The minimum Gasteiger partial charge on any atom is -0.497 e. The molecule has 1 aliphatic rings. The SMILES string of the molecule is CCN(Cc1nn(-c2ccccc2)c2c1CN(Cc1ccc(OC)cc1)CC2)C(=O)c1cccc(C#N)c1. The second-order valence-corrected chi connectivity index (χ2v) is 9.44. The third-order valence-electron chi connectivity index (χ3n) is 7.03. The van der Waals surface area contributed by atoms with Crippen LogP contribution in [-0.4, -0.2) is 45.7 Å². The highest BCUT2D eigenvalue weighted by Crippen LogP contribution is 2.28. The number of carbonyl (C=O) groups excluding carboxylic acids is 1. The van der Waals surface area contributed by atoms with Crippen LogP contribution in [-0.2, 0) is 26.1 Å². The van der Waals surface area contributed by atoms with E-state index in [1.165, 1.54) is 16.8 Å². The molecule has 0 saturated carbocycles. The van der Waals surface area contributed by atoms with E-state index in [2.05, 4.69) is 35.2 Å². The topological polar surface area (TPSA) is 74.4 Å². The highest BCUT2D eigenvalue weighted by Gasteiger charge is 2.27. The van der Waals surface area contributed by atoms with Crippen molar-refractivity contribution in [2.45, 2.75) is 33.0 Å². The van der Waals surface area contributed by atoms with Gasteiger partial charge < -0.3 is 9.64 Å². The summed E-state index contributed by atoms with van der Waals surface area (Å²) in [6, 6.07) is 27.4. The van der Waals surface area contributed by atoms with Gasteiger partial charge in [0.2, 0.25) is 0 Å². The fourth-order valence-corrected chi connectivity index (χ4v) is 4.99.